The summed E-state index contributed by atoms with van der Waals surface area (Å²) in [6.07, 6.45) is 4.09. The monoisotopic (exact) mass is 316 g/mol. The maximum Gasteiger partial charge on any atom is 0.190 e. The predicted molar refractivity (Wildman–Crippen MR) is 94.7 cm³/mol. The van der Waals surface area contributed by atoms with Crippen molar-refractivity contribution in [2.45, 2.75) is 31.3 Å². The van der Waals surface area contributed by atoms with Crippen LogP contribution < -0.4 is 5.32 Å². The Bertz CT molecular complexity index is 611. The van der Waals surface area contributed by atoms with Crippen molar-refractivity contribution in [3.05, 3.63) is 24.3 Å². The molecule has 0 bridgehead atoms. The van der Waals surface area contributed by atoms with Gasteiger partial charge in [-0.1, -0.05) is 30.3 Å². The van der Waals surface area contributed by atoms with Crippen molar-refractivity contribution < 1.29 is 0 Å². The minimum atomic E-state index is 0.874. The lowest BCUT2D eigenvalue weighted by Gasteiger charge is -2.25. The second-order valence-electron chi connectivity index (χ2n) is 5.65. The van der Waals surface area contributed by atoms with Crippen molar-refractivity contribution in [2.75, 3.05) is 37.2 Å². The van der Waals surface area contributed by atoms with Gasteiger partial charge in [-0.2, -0.15) is 0 Å². The first-order valence-corrected chi connectivity index (χ1v) is 9.21. The third-order valence-corrected chi connectivity index (χ3v) is 4.84. The normalized spacial score (nSPS) is 16.0. The molecule has 0 saturated carbocycles. The second kappa shape index (κ2) is 7.79. The van der Waals surface area contributed by atoms with Gasteiger partial charge >= 0.3 is 0 Å². The fourth-order valence-corrected chi connectivity index (χ4v) is 3.72. The Morgan fingerprint density at radius 2 is 1.95 bits per heavy atom. The number of hydrogen-bond donors (Lipinski definition) is 1. The molecular formula is C17H24N4S. The molecule has 0 atom stereocenters. The van der Waals surface area contributed by atoms with Gasteiger partial charge < -0.3 is 10.2 Å². The molecular weight excluding hydrogens is 292 g/mol. The number of nitrogens with zero attached hydrogens (tertiary/aromatic N) is 3. The van der Waals surface area contributed by atoms with E-state index in [0.29, 0.717) is 0 Å². The average Bonchev–Trinajstić information content (AvgIpc) is 2.56. The van der Waals surface area contributed by atoms with E-state index in [2.05, 4.69) is 29.3 Å². The smallest absolute Gasteiger partial charge is 0.190 e. The molecule has 1 N–H and O–H groups in total. The zero-order chi connectivity index (χ0) is 15.2. The van der Waals surface area contributed by atoms with Crippen LogP contribution in [-0.2, 0) is 0 Å². The van der Waals surface area contributed by atoms with Crippen LogP contribution in [0.25, 0.3) is 10.9 Å². The van der Waals surface area contributed by atoms with Crippen molar-refractivity contribution in [1.82, 2.24) is 14.9 Å². The Balaban J connectivity index is 1.67. The number of aromatic nitrogens is 2. The topological polar surface area (TPSA) is 41.1 Å². The summed E-state index contributed by atoms with van der Waals surface area (Å²) in [5, 5.41) is 5.34. The van der Waals surface area contributed by atoms with Crippen molar-refractivity contribution in [3.63, 3.8) is 0 Å². The van der Waals surface area contributed by atoms with Gasteiger partial charge in [-0.3, -0.25) is 0 Å². The van der Waals surface area contributed by atoms with Gasteiger partial charge in [0.05, 0.1) is 5.52 Å². The summed E-state index contributed by atoms with van der Waals surface area (Å²) in [6.45, 7) is 6.61. The highest BCUT2D eigenvalue weighted by molar-refractivity contribution is 7.99. The molecule has 0 unspecified atom stereocenters. The average molecular weight is 316 g/mol. The SMILES string of the molecule is CCNc1nc(SCCN2CCCCC2)nc2ccccc12. The second-order valence-corrected chi connectivity index (χ2v) is 6.72. The summed E-state index contributed by atoms with van der Waals surface area (Å²) in [5.41, 5.74) is 1.02. The predicted octanol–water partition coefficient (Wildman–Crippen LogP) is 3.64. The van der Waals surface area contributed by atoms with E-state index in [-0.39, 0.29) is 0 Å². The van der Waals surface area contributed by atoms with Crippen LogP contribution in [-0.4, -0.2) is 46.8 Å². The van der Waals surface area contributed by atoms with E-state index >= 15 is 0 Å². The van der Waals surface area contributed by atoms with Gasteiger partial charge in [-0.15, -0.1) is 0 Å². The molecule has 3 rings (SSSR count). The summed E-state index contributed by atoms with van der Waals surface area (Å²) in [5.74, 6) is 2.01. The lowest BCUT2D eigenvalue weighted by atomic mass is 10.1. The number of anilines is 1. The number of para-hydroxylation sites is 1. The third-order valence-electron chi connectivity index (χ3n) is 4.01. The van der Waals surface area contributed by atoms with Crippen molar-refractivity contribution in [3.8, 4) is 0 Å². The highest BCUT2D eigenvalue weighted by atomic mass is 32.2. The van der Waals surface area contributed by atoms with Crippen LogP contribution in [0.1, 0.15) is 26.2 Å². The Morgan fingerprint density at radius 3 is 2.77 bits per heavy atom. The van der Waals surface area contributed by atoms with Crippen LogP contribution in [0.2, 0.25) is 0 Å². The maximum absolute atomic E-state index is 4.70. The third kappa shape index (κ3) is 3.90. The van der Waals surface area contributed by atoms with Crippen LogP contribution in [0, 0.1) is 0 Å². The Kier molecular flexibility index (Phi) is 5.51. The summed E-state index contributed by atoms with van der Waals surface area (Å²) >= 11 is 1.77. The molecule has 2 aromatic rings. The lowest BCUT2D eigenvalue weighted by Crippen LogP contribution is -2.31. The molecule has 1 aromatic heterocycles. The molecule has 1 aliphatic rings. The first kappa shape index (κ1) is 15.6. The molecule has 0 aliphatic carbocycles. The van der Waals surface area contributed by atoms with Gasteiger partial charge in [0.1, 0.15) is 5.82 Å². The molecule has 0 spiro atoms. The largest absolute Gasteiger partial charge is 0.370 e. The highest BCUT2D eigenvalue weighted by Crippen LogP contribution is 2.24. The molecule has 0 amide bonds. The summed E-state index contributed by atoms with van der Waals surface area (Å²) in [4.78, 5) is 11.9. The first-order chi connectivity index (χ1) is 10.9. The van der Waals surface area contributed by atoms with E-state index in [0.717, 1.165) is 40.7 Å². The molecule has 22 heavy (non-hydrogen) atoms. The molecule has 2 heterocycles. The number of thioether (sulfide) groups is 1. The quantitative estimate of drug-likeness (QED) is 0.651. The molecule has 4 nitrogen and oxygen atoms in total. The van der Waals surface area contributed by atoms with E-state index < -0.39 is 0 Å². The maximum atomic E-state index is 4.70. The van der Waals surface area contributed by atoms with E-state index in [1.165, 1.54) is 32.4 Å². The lowest BCUT2D eigenvalue weighted by molar-refractivity contribution is 0.242. The molecule has 0 radical (unpaired) electrons. The number of fused-ring (bicyclic) bond motifs is 1. The molecule has 1 aliphatic heterocycles. The van der Waals surface area contributed by atoms with E-state index in [1.54, 1.807) is 11.8 Å². The fraction of sp³-hybridized carbons (Fsp3) is 0.529. The van der Waals surface area contributed by atoms with Crippen molar-refractivity contribution >= 4 is 28.5 Å². The summed E-state index contributed by atoms with van der Waals surface area (Å²) < 4.78 is 0. The summed E-state index contributed by atoms with van der Waals surface area (Å²) in [6, 6.07) is 8.21. The van der Waals surface area contributed by atoms with Crippen LogP contribution in [0.5, 0.6) is 0 Å². The number of likely N-dealkylation sites (tertiary alicyclic amines) is 1. The molecule has 1 saturated heterocycles. The number of nitrogens with one attached hydrogen (secondary N) is 1. The van der Waals surface area contributed by atoms with Gasteiger partial charge in [0.2, 0.25) is 0 Å². The number of hydrogen-bond acceptors (Lipinski definition) is 5. The van der Waals surface area contributed by atoms with Crippen LogP contribution >= 0.6 is 11.8 Å². The zero-order valence-corrected chi connectivity index (χ0v) is 14.0. The van der Waals surface area contributed by atoms with Crippen LogP contribution in [0.4, 0.5) is 5.82 Å². The molecule has 1 fully saturated rings. The number of rotatable bonds is 6. The Labute approximate surface area is 136 Å². The van der Waals surface area contributed by atoms with Crippen molar-refractivity contribution in [1.29, 1.82) is 0 Å². The van der Waals surface area contributed by atoms with Gasteiger partial charge in [0.15, 0.2) is 5.16 Å². The Hall–Kier alpha value is -1.33. The van der Waals surface area contributed by atoms with E-state index in [4.69, 9.17) is 9.97 Å². The minimum absolute atomic E-state index is 0.874. The summed E-state index contributed by atoms with van der Waals surface area (Å²) in [7, 11) is 0. The molecule has 118 valence electrons. The number of benzene rings is 1. The van der Waals surface area contributed by atoms with Gasteiger partial charge in [-0.25, -0.2) is 9.97 Å². The zero-order valence-electron chi connectivity index (χ0n) is 13.2. The van der Waals surface area contributed by atoms with E-state index in [9.17, 15) is 0 Å². The highest BCUT2D eigenvalue weighted by Gasteiger charge is 2.11. The van der Waals surface area contributed by atoms with E-state index in [1.807, 2.05) is 12.1 Å². The first-order valence-electron chi connectivity index (χ1n) is 8.22. The molecule has 1 aromatic carbocycles. The van der Waals surface area contributed by atoms with Gasteiger partial charge in [0, 0.05) is 24.2 Å². The van der Waals surface area contributed by atoms with Crippen molar-refractivity contribution in [2.24, 2.45) is 0 Å². The van der Waals surface area contributed by atoms with Crippen LogP contribution in [0.15, 0.2) is 29.4 Å². The van der Waals surface area contributed by atoms with Gasteiger partial charge in [0.25, 0.3) is 0 Å². The Morgan fingerprint density at radius 1 is 1.14 bits per heavy atom. The standard InChI is InChI=1S/C17H24N4S/c1-2-18-16-14-8-4-5-9-15(14)19-17(20-16)22-13-12-21-10-6-3-7-11-21/h4-5,8-9H,2-3,6-7,10-13H2,1H3,(H,18,19,20). The van der Waals surface area contributed by atoms with Crippen LogP contribution in [0.3, 0.4) is 0 Å². The molecule has 5 heteroatoms. The van der Waals surface area contributed by atoms with Gasteiger partial charge in [-0.05, 0) is 45.0 Å². The fourth-order valence-electron chi connectivity index (χ4n) is 2.87. The number of piperidine rings is 1. The minimum Gasteiger partial charge on any atom is -0.370 e.